The first-order valence-electron chi connectivity index (χ1n) is 10.5. The fourth-order valence-electron chi connectivity index (χ4n) is 3.89. The molecule has 1 atom stereocenters. The molecule has 1 heterocycles. The van der Waals surface area contributed by atoms with Gasteiger partial charge in [-0.25, -0.2) is 9.78 Å². The molecular formula is C24H27N3O3. The third kappa shape index (κ3) is 3.95. The van der Waals surface area contributed by atoms with Crippen LogP contribution in [0.25, 0.3) is 11.0 Å². The summed E-state index contributed by atoms with van der Waals surface area (Å²) in [4.78, 5) is 32.8. The molecule has 1 unspecified atom stereocenters. The van der Waals surface area contributed by atoms with Crippen LogP contribution in [0.1, 0.15) is 41.5 Å². The van der Waals surface area contributed by atoms with E-state index >= 15 is 0 Å². The van der Waals surface area contributed by atoms with Crippen LogP contribution in [0.2, 0.25) is 0 Å². The number of esters is 1. The van der Waals surface area contributed by atoms with E-state index in [1.165, 1.54) is 0 Å². The zero-order valence-electron chi connectivity index (χ0n) is 17.7. The summed E-state index contributed by atoms with van der Waals surface area (Å²) in [6.45, 7) is 4.02. The molecule has 1 aromatic heterocycles. The SMILES string of the molecule is CCOC(=O)C(Cc1ccccc1)N(C(=O)c1ccc2c(c1)nc(C)n2C)C1CC1. The predicted octanol–water partition coefficient (Wildman–Crippen LogP) is 3.66. The minimum absolute atomic E-state index is 0.0665. The van der Waals surface area contributed by atoms with Crippen molar-refractivity contribution < 1.29 is 14.3 Å². The van der Waals surface area contributed by atoms with Gasteiger partial charge in [-0.3, -0.25) is 4.79 Å². The van der Waals surface area contributed by atoms with Crippen molar-refractivity contribution in [3.8, 4) is 0 Å². The van der Waals surface area contributed by atoms with E-state index in [0.29, 0.717) is 12.0 Å². The lowest BCUT2D eigenvalue weighted by Crippen LogP contribution is -2.48. The fourth-order valence-corrected chi connectivity index (χ4v) is 3.89. The monoisotopic (exact) mass is 405 g/mol. The lowest BCUT2D eigenvalue weighted by Gasteiger charge is -2.30. The first-order valence-corrected chi connectivity index (χ1v) is 10.5. The van der Waals surface area contributed by atoms with E-state index in [9.17, 15) is 9.59 Å². The van der Waals surface area contributed by atoms with Gasteiger partial charge in [0.2, 0.25) is 0 Å². The number of aromatic nitrogens is 2. The summed E-state index contributed by atoms with van der Waals surface area (Å²) >= 11 is 0. The van der Waals surface area contributed by atoms with Crippen molar-refractivity contribution >= 4 is 22.9 Å². The number of amides is 1. The van der Waals surface area contributed by atoms with Gasteiger partial charge in [0, 0.05) is 25.1 Å². The fraction of sp³-hybridized carbons (Fsp3) is 0.375. The molecule has 1 saturated carbocycles. The molecule has 30 heavy (non-hydrogen) atoms. The highest BCUT2D eigenvalue weighted by molar-refractivity contribution is 5.99. The molecule has 1 amide bonds. The van der Waals surface area contributed by atoms with E-state index < -0.39 is 6.04 Å². The van der Waals surface area contributed by atoms with E-state index in [1.54, 1.807) is 11.8 Å². The molecule has 3 aromatic rings. The van der Waals surface area contributed by atoms with Crippen LogP contribution in [0.3, 0.4) is 0 Å². The second-order valence-electron chi connectivity index (χ2n) is 7.82. The van der Waals surface area contributed by atoms with E-state index in [0.717, 1.165) is 35.3 Å². The number of hydrogen-bond donors (Lipinski definition) is 0. The second kappa shape index (κ2) is 8.30. The highest BCUT2D eigenvalue weighted by Gasteiger charge is 2.41. The van der Waals surface area contributed by atoms with Crippen molar-refractivity contribution in [2.24, 2.45) is 7.05 Å². The Morgan fingerprint density at radius 1 is 1.20 bits per heavy atom. The molecule has 6 nitrogen and oxygen atoms in total. The largest absolute Gasteiger partial charge is 0.464 e. The second-order valence-corrected chi connectivity index (χ2v) is 7.82. The Morgan fingerprint density at radius 3 is 2.60 bits per heavy atom. The van der Waals surface area contributed by atoms with E-state index in [-0.39, 0.29) is 24.5 Å². The van der Waals surface area contributed by atoms with Crippen LogP contribution in [-0.4, -0.2) is 45.0 Å². The van der Waals surface area contributed by atoms with Crippen molar-refractivity contribution in [2.45, 2.75) is 45.2 Å². The van der Waals surface area contributed by atoms with Crippen LogP contribution in [0.5, 0.6) is 0 Å². The number of carbonyl (C=O) groups excluding carboxylic acids is 2. The molecule has 0 radical (unpaired) electrons. The molecule has 0 aliphatic heterocycles. The Kier molecular flexibility index (Phi) is 5.57. The Bertz CT molecular complexity index is 1070. The predicted molar refractivity (Wildman–Crippen MR) is 115 cm³/mol. The molecule has 0 N–H and O–H groups in total. The maximum absolute atomic E-state index is 13.6. The Morgan fingerprint density at radius 2 is 1.93 bits per heavy atom. The van der Waals surface area contributed by atoms with E-state index in [2.05, 4.69) is 4.98 Å². The number of carbonyl (C=O) groups is 2. The van der Waals surface area contributed by atoms with Crippen molar-refractivity contribution in [3.05, 3.63) is 65.5 Å². The topological polar surface area (TPSA) is 64.4 Å². The molecule has 1 aliphatic rings. The molecule has 1 fully saturated rings. The summed E-state index contributed by atoms with van der Waals surface area (Å²) in [7, 11) is 1.96. The zero-order valence-corrected chi connectivity index (χ0v) is 17.7. The van der Waals surface area contributed by atoms with Crippen molar-refractivity contribution in [1.29, 1.82) is 0 Å². The number of benzene rings is 2. The first-order chi connectivity index (χ1) is 14.5. The smallest absolute Gasteiger partial charge is 0.329 e. The number of imidazole rings is 1. The van der Waals surface area contributed by atoms with Crippen LogP contribution >= 0.6 is 0 Å². The summed E-state index contributed by atoms with van der Waals surface area (Å²) in [5.74, 6) is 0.398. The molecule has 0 saturated heterocycles. The van der Waals surface area contributed by atoms with Gasteiger partial charge in [0.25, 0.3) is 5.91 Å². The van der Waals surface area contributed by atoms with Crippen molar-refractivity contribution in [1.82, 2.24) is 14.5 Å². The van der Waals surface area contributed by atoms with Gasteiger partial charge < -0.3 is 14.2 Å². The van der Waals surface area contributed by atoms with Crippen LogP contribution in [0.15, 0.2) is 48.5 Å². The number of ether oxygens (including phenoxy) is 1. The molecule has 6 heteroatoms. The Hall–Kier alpha value is -3.15. The highest BCUT2D eigenvalue weighted by atomic mass is 16.5. The van der Waals surface area contributed by atoms with Gasteiger partial charge >= 0.3 is 5.97 Å². The van der Waals surface area contributed by atoms with Crippen LogP contribution < -0.4 is 0 Å². The summed E-state index contributed by atoms with van der Waals surface area (Å²) in [6, 6.07) is 14.8. The number of rotatable bonds is 7. The molecule has 0 spiro atoms. The Labute approximate surface area is 176 Å². The molecule has 2 aromatic carbocycles. The van der Waals surface area contributed by atoms with Gasteiger partial charge in [-0.05, 0) is 50.5 Å². The van der Waals surface area contributed by atoms with E-state index in [4.69, 9.17) is 4.74 Å². The van der Waals surface area contributed by atoms with Crippen LogP contribution in [0.4, 0.5) is 0 Å². The van der Waals surface area contributed by atoms with Gasteiger partial charge in [0.05, 0.1) is 17.6 Å². The van der Waals surface area contributed by atoms with E-state index in [1.807, 2.05) is 67.1 Å². The van der Waals surface area contributed by atoms with Gasteiger partial charge in [-0.15, -0.1) is 0 Å². The average Bonchev–Trinajstić information content (AvgIpc) is 3.54. The van der Waals surface area contributed by atoms with Crippen LogP contribution in [0, 0.1) is 6.92 Å². The highest BCUT2D eigenvalue weighted by Crippen LogP contribution is 2.32. The summed E-state index contributed by atoms with van der Waals surface area (Å²) in [5.41, 5.74) is 3.32. The van der Waals surface area contributed by atoms with Gasteiger partial charge in [0.15, 0.2) is 0 Å². The lowest BCUT2D eigenvalue weighted by molar-refractivity contribution is -0.148. The molecule has 0 bridgehead atoms. The standard InChI is InChI=1S/C24H27N3O3/c1-4-30-24(29)22(14-17-8-6-5-7-9-17)27(19-11-12-19)23(28)18-10-13-21-20(15-18)25-16(2)26(21)3/h5-10,13,15,19,22H,4,11-12,14H2,1-3H3. The number of fused-ring (bicyclic) bond motifs is 1. The quantitative estimate of drug-likeness (QED) is 0.563. The third-order valence-electron chi connectivity index (χ3n) is 5.69. The van der Waals surface area contributed by atoms with Gasteiger partial charge in [-0.1, -0.05) is 30.3 Å². The van der Waals surface area contributed by atoms with Gasteiger partial charge in [0.1, 0.15) is 11.9 Å². The maximum atomic E-state index is 13.6. The number of hydrogen-bond acceptors (Lipinski definition) is 4. The molecule has 156 valence electrons. The number of aryl methyl sites for hydroxylation is 2. The average molecular weight is 405 g/mol. The van der Waals surface area contributed by atoms with Crippen molar-refractivity contribution in [3.63, 3.8) is 0 Å². The molecular weight excluding hydrogens is 378 g/mol. The third-order valence-corrected chi connectivity index (χ3v) is 5.69. The number of nitrogens with zero attached hydrogens (tertiary/aromatic N) is 3. The lowest BCUT2D eigenvalue weighted by atomic mass is 10.0. The van der Waals surface area contributed by atoms with Gasteiger partial charge in [-0.2, -0.15) is 0 Å². The Balaban J connectivity index is 1.69. The van der Waals surface area contributed by atoms with Crippen LogP contribution in [-0.2, 0) is 23.0 Å². The minimum atomic E-state index is -0.645. The van der Waals surface area contributed by atoms with Crippen molar-refractivity contribution in [2.75, 3.05) is 6.61 Å². The summed E-state index contributed by atoms with van der Waals surface area (Å²) < 4.78 is 7.36. The molecule has 4 rings (SSSR count). The summed E-state index contributed by atoms with van der Waals surface area (Å²) in [5, 5.41) is 0. The zero-order chi connectivity index (χ0) is 21.3. The molecule has 1 aliphatic carbocycles. The normalized spacial score (nSPS) is 14.5. The maximum Gasteiger partial charge on any atom is 0.329 e. The first kappa shape index (κ1) is 20.1. The minimum Gasteiger partial charge on any atom is -0.464 e. The summed E-state index contributed by atoms with van der Waals surface area (Å²) in [6.07, 6.45) is 2.25.